The molecule has 2 bridgehead atoms. The first-order valence-electron chi connectivity index (χ1n) is 6.77. The lowest BCUT2D eigenvalue weighted by atomic mass is 9.65. The lowest BCUT2D eigenvalue weighted by molar-refractivity contribution is -0.135. The maximum absolute atomic E-state index is 12.3. The normalized spacial score (nSPS) is 34.9. The molecule has 1 aliphatic carbocycles. The van der Waals surface area contributed by atoms with Crippen LogP contribution in [0, 0.1) is 16.7 Å². The molecular weight excluding hydrogens is 248 g/mol. The van der Waals surface area contributed by atoms with Gasteiger partial charge < -0.3 is 10.6 Å². The zero-order valence-electron chi connectivity index (χ0n) is 12.0. The predicted octanol–water partition coefficient (Wildman–Crippen LogP) is 2.43. The fourth-order valence-electron chi connectivity index (χ4n) is 4.10. The molecule has 1 heterocycles. The minimum Gasteiger partial charge on any atom is -0.339 e. The third-order valence-corrected chi connectivity index (χ3v) is 4.47. The molecule has 4 heteroatoms. The van der Waals surface area contributed by atoms with Crippen molar-refractivity contribution in [2.24, 2.45) is 22.5 Å². The van der Waals surface area contributed by atoms with Crippen LogP contribution in [-0.4, -0.2) is 29.9 Å². The van der Waals surface area contributed by atoms with Crippen molar-refractivity contribution < 1.29 is 4.79 Å². The summed E-state index contributed by atoms with van der Waals surface area (Å²) in [7, 11) is 0. The van der Waals surface area contributed by atoms with E-state index >= 15 is 0 Å². The van der Waals surface area contributed by atoms with E-state index < -0.39 is 0 Å². The zero-order chi connectivity index (χ0) is 12.8. The summed E-state index contributed by atoms with van der Waals surface area (Å²) in [5, 5.41) is 0. The highest BCUT2D eigenvalue weighted by Gasteiger charge is 2.51. The van der Waals surface area contributed by atoms with Crippen molar-refractivity contribution in [1.29, 1.82) is 0 Å². The molecule has 1 aliphatic heterocycles. The maximum atomic E-state index is 12.3. The molecule has 0 radical (unpaired) electrons. The molecule has 2 aliphatic rings. The smallest absolute Gasteiger partial charge is 0.226 e. The van der Waals surface area contributed by atoms with Gasteiger partial charge in [-0.25, -0.2) is 0 Å². The van der Waals surface area contributed by atoms with Gasteiger partial charge >= 0.3 is 0 Å². The molecule has 3 unspecified atom stereocenters. The first kappa shape index (κ1) is 15.8. The number of carbonyl (C=O) groups excluding carboxylic acids is 1. The third kappa shape index (κ3) is 2.83. The molecule has 18 heavy (non-hydrogen) atoms. The van der Waals surface area contributed by atoms with Crippen LogP contribution in [0.15, 0.2) is 0 Å². The summed E-state index contributed by atoms with van der Waals surface area (Å²) in [6, 6.07) is 0.449. The van der Waals surface area contributed by atoms with Gasteiger partial charge in [-0.3, -0.25) is 4.79 Å². The van der Waals surface area contributed by atoms with Gasteiger partial charge in [0.15, 0.2) is 0 Å². The van der Waals surface area contributed by atoms with Gasteiger partial charge in [0.05, 0.1) is 0 Å². The lowest BCUT2D eigenvalue weighted by Gasteiger charge is -2.39. The Labute approximate surface area is 117 Å². The highest BCUT2D eigenvalue weighted by atomic mass is 35.5. The number of hydrogen-bond acceptors (Lipinski definition) is 2. The molecule has 3 nitrogen and oxygen atoms in total. The number of halogens is 1. The van der Waals surface area contributed by atoms with Crippen molar-refractivity contribution >= 4 is 18.3 Å². The number of nitrogens with two attached hydrogens (primary N) is 1. The van der Waals surface area contributed by atoms with Gasteiger partial charge in [0.1, 0.15) is 0 Å². The Morgan fingerprint density at radius 1 is 1.39 bits per heavy atom. The standard InChI is InChI=1S/C14H26N2O.ClH/c1-10(7-15)12(17)16-9-14(4)6-11(16)5-13(2,3)8-14;/h10-11H,5-9,15H2,1-4H3;1H. The molecule has 0 aromatic rings. The summed E-state index contributed by atoms with van der Waals surface area (Å²) in [6.07, 6.45) is 3.56. The van der Waals surface area contributed by atoms with E-state index in [9.17, 15) is 4.79 Å². The Bertz CT molecular complexity index is 332. The topological polar surface area (TPSA) is 46.3 Å². The van der Waals surface area contributed by atoms with Gasteiger partial charge in [0.2, 0.25) is 5.91 Å². The molecule has 3 atom stereocenters. The van der Waals surface area contributed by atoms with E-state index in [-0.39, 0.29) is 24.2 Å². The van der Waals surface area contributed by atoms with Crippen molar-refractivity contribution in [3.63, 3.8) is 0 Å². The monoisotopic (exact) mass is 274 g/mol. The fourth-order valence-corrected chi connectivity index (χ4v) is 4.10. The van der Waals surface area contributed by atoms with E-state index in [2.05, 4.69) is 25.7 Å². The molecule has 0 spiro atoms. The summed E-state index contributed by atoms with van der Waals surface area (Å²) in [6.45, 7) is 10.3. The van der Waals surface area contributed by atoms with Crippen LogP contribution in [0.4, 0.5) is 0 Å². The summed E-state index contributed by atoms with van der Waals surface area (Å²) in [5.41, 5.74) is 6.32. The maximum Gasteiger partial charge on any atom is 0.226 e. The molecule has 1 saturated heterocycles. The highest BCUT2D eigenvalue weighted by Crippen LogP contribution is 2.52. The molecule has 1 saturated carbocycles. The Kier molecular flexibility index (Phi) is 4.39. The Morgan fingerprint density at radius 2 is 2.00 bits per heavy atom. The number of hydrogen-bond donors (Lipinski definition) is 1. The van der Waals surface area contributed by atoms with E-state index in [1.807, 2.05) is 6.92 Å². The second-order valence-electron chi connectivity index (χ2n) is 7.32. The molecule has 1 amide bonds. The second-order valence-corrected chi connectivity index (χ2v) is 7.32. The molecule has 106 valence electrons. The summed E-state index contributed by atoms with van der Waals surface area (Å²) >= 11 is 0. The number of nitrogens with zero attached hydrogens (tertiary/aromatic N) is 1. The number of rotatable bonds is 2. The molecule has 2 N–H and O–H groups in total. The van der Waals surface area contributed by atoms with Crippen LogP contribution in [0.1, 0.15) is 47.0 Å². The van der Waals surface area contributed by atoms with Crippen LogP contribution in [0.2, 0.25) is 0 Å². The van der Waals surface area contributed by atoms with Crippen molar-refractivity contribution in [2.75, 3.05) is 13.1 Å². The van der Waals surface area contributed by atoms with Gasteiger partial charge in [-0.1, -0.05) is 27.7 Å². The van der Waals surface area contributed by atoms with Crippen LogP contribution in [0.3, 0.4) is 0 Å². The number of carbonyl (C=O) groups is 1. The van der Waals surface area contributed by atoms with Gasteiger partial charge in [-0.05, 0) is 30.1 Å². The Hall–Kier alpha value is -0.280. The molecule has 0 aromatic carbocycles. The molecule has 2 rings (SSSR count). The summed E-state index contributed by atoms with van der Waals surface area (Å²) in [5.74, 6) is 0.236. The fraction of sp³-hybridized carbons (Fsp3) is 0.929. The molecule has 2 fully saturated rings. The number of fused-ring (bicyclic) bond motifs is 2. The summed E-state index contributed by atoms with van der Waals surface area (Å²) in [4.78, 5) is 14.4. The first-order chi connectivity index (χ1) is 7.76. The van der Waals surface area contributed by atoms with E-state index in [0.717, 1.165) is 13.0 Å². The van der Waals surface area contributed by atoms with Crippen LogP contribution in [0.5, 0.6) is 0 Å². The van der Waals surface area contributed by atoms with Gasteiger partial charge in [-0.15, -0.1) is 12.4 Å². The minimum absolute atomic E-state index is 0. The van der Waals surface area contributed by atoms with Gasteiger partial charge in [-0.2, -0.15) is 0 Å². The highest BCUT2D eigenvalue weighted by molar-refractivity contribution is 5.85. The third-order valence-electron chi connectivity index (χ3n) is 4.47. The summed E-state index contributed by atoms with van der Waals surface area (Å²) < 4.78 is 0. The van der Waals surface area contributed by atoms with Gasteiger partial charge in [0, 0.05) is 25.0 Å². The SMILES string of the molecule is CC(CN)C(=O)N1CC2(C)CC1CC(C)(C)C2.Cl. The largest absolute Gasteiger partial charge is 0.339 e. The predicted molar refractivity (Wildman–Crippen MR) is 76.7 cm³/mol. The first-order valence-corrected chi connectivity index (χ1v) is 6.77. The second kappa shape index (κ2) is 5.01. The van der Waals surface area contributed by atoms with E-state index in [4.69, 9.17) is 5.73 Å². The van der Waals surface area contributed by atoms with Crippen LogP contribution in [0.25, 0.3) is 0 Å². The number of amides is 1. The van der Waals surface area contributed by atoms with Crippen LogP contribution < -0.4 is 5.73 Å². The Balaban J connectivity index is 0.00000162. The Morgan fingerprint density at radius 3 is 2.56 bits per heavy atom. The van der Waals surface area contributed by atoms with Crippen molar-refractivity contribution in [2.45, 2.75) is 53.0 Å². The molecule has 0 aromatic heterocycles. The van der Waals surface area contributed by atoms with Crippen LogP contribution in [-0.2, 0) is 4.79 Å². The average molecular weight is 275 g/mol. The average Bonchev–Trinajstić information content (AvgIpc) is 2.45. The van der Waals surface area contributed by atoms with E-state index in [1.54, 1.807) is 0 Å². The minimum atomic E-state index is -0.0268. The van der Waals surface area contributed by atoms with Crippen molar-refractivity contribution in [1.82, 2.24) is 4.90 Å². The molecular formula is C14H27ClN2O. The van der Waals surface area contributed by atoms with E-state index in [0.29, 0.717) is 23.4 Å². The van der Waals surface area contributed by atoms with E-state index in [1.165, 1.54) is 12.8 Å². The quantitative estimate of drug-likeness (QED) is 0.841. The zero-order valence-corrected chi connectivity index (χ0v) is 12.8. The van der Waals surface area contributed by atoms with Gasteiger partial charge in [0.25, 0.3) is 0 Å². The van der Waals surface area contributed by atoms with Crippen molar-refractivity contribution in [3.05, 3.63) is 0 Å². The van der Waals surface area contributed by atoms with Crippen LogP contribution >= 0.6 is 12.4 Å². The lowest BCUT2D eigenvalue weighted by Crippen LogP contribution is -2.42. The van der Waals surface area contributed by atoms with Crippen molar-refractivity contribution in [3.8, 4) is 0 Å². The number of likely N-dealkylation sites (tertiary alicyclic amines) is 1.